The van der Waals surface area contributed by atoms with Crippen molar-refractivity contribution in [2.45, 2.75) is 45.8 Å². The lowest BCUT2D eigenvalue weighted by Crippen LogP contribution is -2.45. The van der Waals surface area contributed by atoms with Crippen LogP contribution in [-0.4, -0.2) is 42.4 Å². The first-order valence-corrected chi connectivity index (χ1v) is 8.89. The van der Waals surface area contributed by atoms with Gasteiger partial charge >= 0.3 is 0 Å². The van der Waals surface area contributed by atoms with Gasteiger partial charge in [-0.2, -0.15) is 4.98 Å². The fourth-order valence-electron chi connectivity index (χ4n) is 2.29. The maximum absolute atomic E-state index is 5.41. The van der Waals surface area contributed by atoms with Crippen molar-refractivity contribution in [1.82, 2.24) is 20.8 Å². The Morgan fingerprint density at radius 1 is 1.31 bits per heavy atom. The number of ether oxygens (including phenoxy) is 1. The SMILES string of the molecule is CCCc1noc(-c2cccc(CNC(=NC)NCC(C)(C)OC)c2)n1. The number of nitrogens with zero attached hydrogens (tertiary/aromatic N) is 3. The lowest BCUT2D eigenvalue weighted by molar-refractivity contribution is 0.0268. The molecule has 1 aromatic carbocycles. The number of aliphatic imine (C=N–C) groups is 1. The summed E-state index contributed by atoms with van der Waals surface area (Å²) in [5, 5.41) is 10.6. The Balaban J connectivity index is 1.97. The molecule has 2 N–H and O–H groups in total. The van der Waals surface area contributed by atoms with E-state index >= 15 is 0 Å². The molecule has 0 aliphatic carbocycles. The van der Waals surface area contributed by atoms with Crippen LogP contribution in [0, 0.1) is 0 Å². The molecule has 0 radical (unpaired) electrons. The van der Waals surface area contributed by atoms with Crippen molar-refractivity contribution in [3.05, 3.63) is 35.7 Å². The number of hydrogen-bond donors (Lipinski definition) is 2. The second-order valence-corrected chi connectivity index (χ2v) is 6.71. The molecule has 1 aromatic heterocycles. The molecule has 0 bridgehead atoms. The Labute approximate surface area is 155 Å². The Bertz CT molecular complexity index is 724. The molecular weight excluding hydrogens is 330 g/mol. The second kappa shape index (κ2) is 9.33. The average molecular weight is 359 g/mol. The van der Waals surface area contributed by atoms with Gasteiger partial charge in [-0.05, 0) is 38.0 Å². The highest BCUT2D eigenvalue weighted by molar-refractivity contribution is 5.79. The average Bonchev–Trinajstić information content (AvgIpc) is 3.11. The van der Waals surface area contributed by atoms with Crippen molar-refractivity contribution in [1.29, 1.82) is 0 Å². The van der Waals surface area contributed by atoms with Crippen molar-refractivity contribution < 1.29 is 9.26 Å². The number of benzene rings is 1. The molecule has 26 heavy (non-hydrogen) atoms. The molecule has 0 unspecified atom stereocenters. The predicted molar refractivity (Wildman–Crippen MR) is 103 cm³/mol. The van der Waals surface area contributed by atoms with Crippen molar-refractivity contribution in [3.63, 3.8) is 0 Å². The summed E-state index contributed by atoms with van der Waals surface area (Å²) >= 11 is 0. The van der Waals surface area contributed by atoms with Crippen LogP contribution < -0.4 is 10.6 Å². The molecule has 0 aliphatic rings. The van der Waals surface area contributed by atoms with Gasteiger partial charge in [0.25, 0.3) is 5.89 Å². The molecule has 7 heteroatoms. The number of rotatable bonds is 8. The minimum atomic E-state index is -0.258. The minimum Gasteiger partial charge on any atom is -0.377 e. The van der Waals surface area contributed by atoms with Gasteiger partial charge in [0.15, 0.2) is 11.8 Å². The topological polar surface area (TPSA) is 84.6 Å². The first kappa shape index (κ1) is 19.9. The van der Waals surface area contributed by atoms with Crippen LogP contribution in [0.25, 0.3) is 11.5 Å². The van der Waals surface area contributed by atoms with Crippen LogP contribution in [0.5, 0.6) is 0 Å². The number of methoxy groups -OCH3 is 1. The van der Waals surface area contributed by atoms with Gasteiger partial charge in [0.05, 0.1) is 5.60 Å². The fourth-order valence-corrected chi connectivity index (χ4v) is 2.29. The van der Waals surface area contributed by atoms with Crippen LogP contribution in [0.1, 0.15) is 38.6 Å². The lowest BCUT2D eigenvalue weighted by atomic mass is 10.1. The zero-order valence-electron chi connectivity index (χ0n) is 16.3. The third kappa shape index (κ3) is 5.84. The van der Waals surface area contributed by atoms with Gasteiger partial charge in [-0.3, -0.25) is 4.99 Å². The standard InChI is InChI=1S/C19H29N5O2/c1-6-8-16-23-17(26-24-16)15-10-7-9-14(11-15)12-21-18(20-4)22-13-19(2,3)25-5/h7,9-11H,6,8,12-13H2,1-5H3,(H2,20,21,22). The Morgan fingerprint density at radius 3 is 2.81 bits per heavy atom. The molecule has 142 valence electrons. The highest BCUT2D eigenvalue weighted by atomic mass is 16.5. The van der Waals surface area contributed by atoms with Gasteiger partial charge in [0.2, 0.25) is 0 Å². The first-order chi connectivity index (χ1) is 12.5. The van der Waals surface area contributed by atoms with E-state index < -0.39 is 0 Å². The highest BCUT2D eigenvalue weighted by Crippen LogP contribution is 2.19. The van der Waals surface area contributed by atoms with Crippen molar-refractivity contribution >= 4 is 5.96 Å². The van der Waals surface area contributed by atoms with Crippen molar-refractivity contribution in [3.8, 4) is 11.5 Å². The largest absolute Gasteiger partial charge is 0.377 e. The summed E-state index contributed by atoms with van der Waals surface area (Å²) in [5.74, 6) is 2.03. The van der Waals surface area contributed by atoms with Crippen LogP contribution in [0.4, 0.5) is 0 Å². The second-order valence-electron chi connectivity index (χ2n) is 6.71. The molecule has 0 atom stereocenters. The Morgan fingerprint density at radius 2 is 2.12 bits per heavy atom. The molecular formula is C19H29N5O2. The van der Waals surface area contributed by atoms with Crippen LogP contribution >= 0.6 is 0 Å². The number of aromatic nitrogens is 2. The molecule has 0 aliphatic heterocycles. The zero-order chi connectivity index (χ0) is 19.0. The van der Waals surface area contributed by atoms with Gasteiger partial charge < -0.3 is 19.9 Å². The molecule has 2 aromatic rings. The van der Waals surface area contributed by atoms with Crippen LogP contribution in [0.2, 0.25) is 0 Å². The van der Waals surface area contributed by atoms with E-state index in [1.807, 2.05) is 38.1 Å². The molecule has 2 rings (SSSR count). The van der Waals surface area contributed by atoms with Gasteiger partial charge in [-0.15, -0.1) is 0 Å². The summed E-state index contributed by atoms with van der Waals surface area (Å²) in [5.41, 5.74) is 1.76. The summed E-state index contributed by atoms with van der Waals surface area (Å²) in [6.45, 7) is 7.43. The molecule has 0 amide bonds. The van der Waals surface area contributed by atoms with Crippen LogP contribution in [0.3, 0.4) is 0 Å². The third-order valence-corrected chi connectivity index (χ3v) is 4.03. The zero-order valence-corrected chi connectivity index (χ0v) is 16.3. The molecule has 0 saturated carbocycles. The van der Waals surface area contributed by atoms with E-state index in [-0.39, 0.29) is 5.60 Å². The van der Waals surface area contributed by atoms with E-state index in [0.717, 1.165) is 35.8 Å². The van der Waals surface area contributed by atoms with Crippen LogP contribution in [0.15, 0.2) is 33.8 Å². The summed E-state index contributed by atoms with van der Waals surface area (Å²) in [6, 6.07) is 8.05. The number of hydrogen-bond acceptors (Lipinski definition) is 5. The normalized spacial score (nSPS) is 12.3. The third-order valence-electron chi connectivity index (χ3n) is 4.03. The molecule has 1 heterocycles. The first-order valence-electron chi connectivity index (χ1n) is 8.89. The quantitative estimate of drug-likeness (QED) is 0.557. The van der Waals surface area contributed by atoms with E-state index in [1.165, 1.54) is 0 Å². The van der Waals surface area contributed by atoms with E-state index in [2.05, 4.69) is 32.7 Å². The lowest BCUT2D eigenvalue weighted by Gasteiger charge is -2.24. The molecule has 0 spiro atoms. The van der Waals surface area contributed by atoms with E-state index in [9.17, 15) is 0 Å². The maximum Gasteiger partial charge on any atom is 0.257 e. The van der Waals surface area contributed by atoms with Gasteiger partial charge in [-0.1, -0.05) is 24.2 Å². The number of nitrogens with one attached hydrogen (secondary N) is 2. The van der Waals surface area contributed by atoms with E-state index in [0.29, 0.717) is 19.0 Å². The van der Waals surface area contributed by atoms with Gasteiger partial charge in [0.1, 0.15) is 0 Å². The molecule has 7 nitrogen and oxygen atoms in total. The monoisotopic (exact) mass is 359 g/mol. The highest BCUT2D eigenvalue weighted by Gasteiger charge is 2.16. The minimum absolute atomic E-state index is 0.258. The Kier molecular flexibility index (Phi) is 7.15. The van der Waals surface area contributed by atoms with E-state index in [4.69, 9.17) is 9.26 Å². The molecule has 0 fully saturated rings. The van der Waals surface area contributed by atoms with Crippen LogP contribution in [-0.2, 0) is 17.7 Å². The van der Waals surface area contributed by atoms with Crippen molar-refractivity contribution in [2.24, 2.45) is 4.99 Å². The summed E-state index contributed by atoms with van der Waals surface area (Å²) in [4.78, 5) is 8.68. The number of aryl methyl sites for hydroxylation is 1. The maximum atomic E-state index is 5.41. The molecule has 0 saturated heterocycles. The Hall–Kier alpha value is -2.41. The predicted octanol–water partition coefficient (Wildman–Crippen LogP) is 2.78. The summed E-state index contributed by atoms with van der Waals surface area (Å²) < 4.78 is 10.8. The summed E-state index contributed by atoms with van der Waals surface area (Å²) in [7, 11) is 3.45. The van der Waals surface area contributed by atoms with Gasteiger partial charge in [0, 0.05) is 39.2 Å². The fraction of sp³-hybridized carbons (Fsp3) is 0.526. The smallest absolute Gasteiger partial charge is 0.257 e. The summed E-state index contributed by atoms with van der Waals surface area (Å²) in [6.07, 6.45) is 1.82. The van der Waals surface area contributed by atoms with Gasteiger partial charge in [-0.25, -0.2) is 0 Å². The van der Waals surface area contributed by atoms with Crippen molar-refractivity contribution in [2.75, 3.05) is 20.7 Å². The van der Waals surface area contributed by atoms with E-state index in [1.54, 1.807) is 14.2 Å². The number of guanidine groups is 1.